The number of nitrogens with zero attached hydrogens (tertiary/aromatic N) is 1. The van der Waals surface area contributed by atoms with Crippen LogP contribution >= 0.6 is 0 Å². The van der Waals surface area contributed by atoms with Gasteiger partial charge >= 0.3 is 0 Å². The predicted molar refractivity (Wildman–Crippen MR) is 132 cm³/mol. The van der Waals surface area contributed by atoms with Crippen molar-refractivity contribution < 1.29 is 4.79 Å². The minimum atomic E-state index is 0.0288. The van der Waals surface area contributed by atoms with Gasteiger partial charge in [0.2, 0.25) is 0 Å². The molecule has 1 heterocycles. The van der Waals surface area contributed by atoms with Crippen LogP contribution in [0.25, 0.3) is 33.6 Å². The quantitative estimate of drug-likeness (QED) is 0.278. The van der Waals surface area contributed by atoms with Crippen molar-refractivity contribution in [1.29, 1.82) is 0 Å². The highest BCUT2D eigenvalue weighted by Gasteiger charge is 2.28. The molecule has 0 N–H and O–H groups in total. The van der Waals surface area contributed by atoms with Crippen LogP contribution in [0.4, 0.5) is 0 Å². The Morgan fingerprint density at radius 2 is 0.938 bits per heavy atom. The first-order valence-corrected chi connectivity index (χ1v) is 10.7. The van der Waals surface area contributed by atoms with E-state index in [-0.39, 0.29) is 5.78 Å². The second kappa shape index (κ2) is 8.52. The Morgan fingerprint density at radius 3 is 1.44 bits per heavy atom. The van der Waals surface area contributed by atoms with Gasteiger partial charge in [0.25, 0.3) is 0 Å². The van der Waals surface area contributed by atoms with Gasteiger partial charge in [-0.25, -0.2) is 0 Å². The summed E-state index contributed by atoms with van der Waals surface area (Å²) in [4.78, 5) is 14.0. The lowest BCUT2D eigenvalue weighted by molar-refractivity contribution is 0.104. The summed E-state index contributed by atoms with van der Waals surface area (Å²) in [6, 6.07) is 40.2. The maximum atomic E-state index is 14.0. The van der Waals surface area contributed by atoms with Crippen LogP contribution in [0.1, 0.15) is 15.9 Å². The van der Waals surface area contributed by atoms with E-state index in [4.69, 9.17) is 0 Å². The van der Waals surface area contributed by atoms with E-state index >= 15 is 0 Å². The Bertz CT molecular complexity index is 1350. The lowest BCUT2D eigenvalue weighted by Gasteiger charge is -2.10. The zero-order valence-corrected chi connectivity index (χ0v) is 17.9. The largest absolute Gasteiger partial charge is 0.342 e. The molecule has 0 aliphatic heterocycles. The first-order chi connectivity index (χ1) is 15.8. The summed E-state index contributed by atoms with van der Waals surface area (Å²) in [5.41, 5.74) is 7.48. The van der Waals surface area contributed by atoms with E-state index in [9.17, 15) is 4.79 Å². The van der Waals surface area contributed by atoms with Crippen molar-refractivity contribution in [3.8, 4) is 33.6 Å². The lowest BCUT2D eigenvalue weighted by atomic mass is 9.91. The van der Waals surface area contributed by atoms with Crippen LogP contribution in [-0.4, -0.2) is 10.4 Å². The minimum absolute atomic E-state index is 0.0288. The summed E-state index contributed by atoms with van der Waals surface area (Å²) < 4.78 is 2.17. The molecule has 2 nitrogen and oxygen atoms in total. The summed E-state index contributed by atoms with van der Waals surface area (Å²) >= 11 is 0. The maximum Gasteiger partial charge on any atom is 0.195 e. The van der Waals surface area contributed by atoms with Gasteiger partial charge in [-0.15, -0.1) is 0 Å². The fraction of sp³-hybridized carbons (Fsp3) is 0.0333. The monoisotopic (exact) mass is 413 g/mol. The van der Waals surface area contributed by atoms with Gasteiger partial charge in [0.05, 0.1) is 17.0 Å². The van der Waals surface area contributed by atoms with Crippen LogP contribution in [0.3, 0.4) is 0 Å². The molecule has 0 bridgehead atoms. The summed E-state index contributed by atoms with van der Waals surface area (Å²) in [6.45, 7) is 0. The van der Waals surface area contributed by atoms with Gasteiger partial charge in [0, 0.05) is 18.2 Å². The van der Waals surface area contributed by atoms with Crippen molar-refractivity contribution in [3.63, 3.8) is 0 Å². The molecule has 0 saturated carbocycles. The second-order valence-electron chi connectivity index (χ2n) is 7.80. The highest BCUT2D eigenvalue weighted by Crippen LogP contribution is 2.43. The highest BCUT2D eigenvalue weighted by molar-refractivity contribution is 6.18. The Labute approximate surface area is 188 Å². The van der Waals surface area contributed by atoms with E-state index in [1.807, 2.05) is 84.9 Å². The second-order valence-corrected chi connectivity index (χ2v) is 7.80. The number of benzene rings is 4. The molecule has 0 amide bonds. The Kier molecular flexibility index (Phi) is 5.27. The molecular weight excluding hydrogens is 390 g/mol. The third-order valence-corrected chi connectivity index (χ3v) is 5.81. The molecule has 0 radical (unpaired) electrons. The molecule has 4 aromatic carbocycles. The number of ketones is 1. The molecule has 0 atom stereocenters. The smallest absolute Gasteiger partial charge is 0.195 e. The zero-order chi connectivity index (χ0) is 21.9. The molecule has 154 valence electrons. The molecule has 0 unspecified atom stereocenters. The van der Waals surface area contributed by atoms with Crippen LogP contribution in [0.15, 0.2) is 121 Å². The predicted octanol–water partition coefficient (Wildman–Crippen LogP) is 7.26. The van der Waals surface area contributed by atoms with Gasteiger partial charge in [-0.3, -0.25) is 4.79 Å². The number of carbonyl (C=O) groups excluding carboxylic acids is 1. The SMILES string of the molecule is Cn1c(-c2ccccc2)c(C(=O)c2ccccc2)c(-c2ccccc2)c1-c1ccccc1. The van der Waals surface area contributed by atoms with E-state index in [1.54, 1.807) is 0 Å². The average molecular weight is 414 g/mol. The van der Waals surface area contributed by atoms with Gasteiger partial charge < -0.3 is 4.57 Å². The number of hydrogen-bond acceptors (Lipinski definition) is 1. The molecule has 5 aromatic rings. The van der Waals surface area contributed by atoms with Crippen molar-refractivity contribution in [2.24, 2.45) is 7.05 Å². The molecule has 0 aliphatic carbocycles. The van der Waals surface area contributed by atoms with E-state index in [1.165, 1.54) is 0 Å². The first kappa shape index (κ1) is 19.8. The van der Waals surface area contributed by atoms with Gasteiger partial charge in [0.15, 0.2) is 5.78 Å². The van der Waals surface area contributed by atoms with E-state index < -0.39 is 0 Å². The van der Waals surface area contributed by atoms with Gasteiger partial charge in [-0.05, 0) is 16.7 Å². The highest BCUT2D eigenvalue weighted by atomic mass is 16.1. The van der Waals surface area contributed by atoms with Crippen LogP contribution < -0.4 is 0 Å². The molecular formula is C30H23NO. The van der Waals surface area contributed by atoms with Crippen molar-refractivity contribution in [2.45, 2.75) is 0 Å². The van der Waals surface area contributed by atoms with Gasteiger partial charge in [0.1, 0.15) is 0 Å². The van der Waals surface area contributed by atoms with Crippen molar-refractivity contribution >= 4 is 5.78 Å². The Hall–Kier alpha value is -4.17. The van der Waals surface area contributed by atoms with Gasteiger partial charge in [-0.1, -0.05) is 121 Å². The van der Waals surface area contributed by atoms with E-state index in [2.05, 4.69) is 48.0 Å². The average Bonchev–Trinajstić information content (AvgIpc) is 3.18. The third kappa shape index (κ3) is 3.46. The minimum Gasteiger partial charge on any atom is -0.342 e. The summed E-state index contributed by atoms with van der Waals surface area (Å²) in [5, 5.41) is 0. The van der Waals surface area contributed by atoms with Crippen LogP contribution in [0.2, 0.25) is 0 Å². The Balaban J connectivity index is 1.91. The molecule has 32 heavy (non-hydrogen) atoms. The third-order valence-electron chi connectivity index (χ3n) is 5.81. The van der Waals surface area contributed by atoms with E-state index in [0.29, 0.717) is 5.56 Å². The fourth-order valence-electron chi connectivity index (χ4n) is 4.39. The Morgan fingerprint density at radius 1 is 0.531 bits per heavy atom. The van der Waals surface area contributed by atoms with Crippen molar-refractivity contribution in [2.75, 3.05) is 0 Å². The summed E-state index contributed by atoms with van der Waals surface area (Å²) in [7, 11) is 2.05. The molecule has 1 aromatic heterocycles. The van der Waals surface area contributed by atoms with Crippen LogP contribution in [-0.2, 0) is 7.05 Å². The molecule has 0 saturated heterocycles. The summed E-state index contributed by atoms with van der Waals surface area (Å²) in [6.07, 6.45) is 0. The summed E-state index contributed by atoms with van der Waals surface area (Å²) in [5.74, 6) is 0.0288. The zero-order valence-electron chi connectivity index (χ0n) is 17.9. The molecule has 5 rings (SSSR count). The van der Waals surface area contributed by atoms with Crippen molar-refractivity contribution in [3.05, 3.63) is 132 Å². The topological polar surface area (TPSA) is 22.0 Å². The normalized spacial score (nSPS) is 10.8. The number of rotatable bonds is 5. The first-order valence-electron chi connectivity index (χ1n) is 10.7. The number of hydrogen-bond donors (Lipinski definition) is 0. The molecule has 2 heteroatoms. The standard InChI is InChI=1S/C30H23NO/c1-31-28(23-16-8-3-9-17-23)26(22-14-6-2-7-15-22)27(29(31)24-18-10-4-11-19-24)30(32)25-20-12-5-13-21-25/h2-21H,1H3. The molecule has 0 fully saturated rings. The van der Waals surface area contributed by atoms with Crippen LogP contribution in [0, 0.1) is 0 Å². The van der Waals surface area contributed by atoms with Crippen LogP contribution in [0.5, 0.6) is 0 Å². The molecule has 0 aliphatic rings. The molecule has 0 spiro atoms. The fourth-order valence-corrected chi connectivity index (χ4v) is 4.39. The number of carbonyl (C=O) groups is 1. The lowest BCUT2D eigenvalue weighted by Crippen LogP contribution is -2.04. The van der Waals surface area contributed by atoms with Gasteiger partial charge in [-0.2, -0.15) is 0 Å². The number of aromatic nitrogens is 1. The van der Waals surface area contributed by atoms with E-state index in [0.717, 1.165) is 39.2 Å². The maximum absolute atomic E-state index is 14.0. The van der Waals surface area contributed by atoms with Crippen molar-refractivity contribution in [1.82, 2.24) is 4.57 Å².